The normalized spacial score (nSPS) is 13.5. The third kappa shape index (κ3) is 4.52. The molecule has 1 aliphatic heterocycles. The molecule has 1 heterocycles. The Morgan fingerprint density at radius 2 is 1.78 bits per heavy atom. The molecule has 1 amide bonds. The second-order valence-corrected chi connectivity index (χ2v) is 9.08. The van der Waals surface area contributed by atoms with E-state index in [1.54, 1.807) is 39.0 Å². The van der Waals surface area contributed by atoms with Crippen LogP contribution in [0.5, 0.6) is 11.5 Å². The van der Waals surface area contributed by atoms with Crippen molar-refractivity contribution in [3.05, 3.63) is 47.0 Å². The molecule has 0 saturated heterocycles. The molecule has 0 spiro atoms. The topological polar surface area (TPSA) is 93.7 Å². The number of carbonyl (C=O) groups is 1. The number of anilines is 1. The van der Waals surface area contributed by atoms with Crippen molar-refractivity contribution in [3.8, 4) is 11.5 Å². The van der Waals surface area contributed by atoms with E-state index >= 15 is 0 Å². The van der Waals surface area contributed by atoms with Gasteiger partial charge in [-0.2, -0.15) is 0 Å². The first kappa shape index (κ1) is 19.5. The summed E-state index contributed by atoms with van der Waals surface area (Å²) in [6, 6.07) is 9.07. The lowest BCUT2D eigenvalue weighted by molar-refractivity contribution is 0.102. The number of amides is 1. The minimum Gasteiger partial charge on any atom is -0.454 e. The van der Waals surface area contributed by atoms with E-state index in [0.717, 1.165) is 0 Å². The smallest absolute Gasteiger partial charge is 0.255 e. The number of fused-ring (bicyclic) bond motifs is 1. The highest BCUT2D eigenvalue weighted by atomic mass is 35.5. The predicted octanol–water partition coefficient (Wildman–Crippen LogP) is 3.40. The standard InChI is InChI=1S/C18H19ClN2O5S/c1-18(2,3)21-27(23,24)16-8-11(4-6-13(16)19)17(22)20-12-5-7-14-15(9-12)26-10-25-14/h4-9,21H,10H2,1-3H3,(H,20,22). The molecule has 3 rings (SSSR count). The van der Waals surface area contributed by atoms with Gasteiger partial charge in [-0.25, -0.2) is 13.1 Å². The molecule has 0 unspecified atom stereocenters. The number of sulfonamides is 1. The van der Waals surface area contributed by atoms with E-state index in [1.165, 1.54) is 18.2 Å². The number of ether oxygens (including phenoxy) is 2. The highest BCUT2D eigenvalue weighted by Crippen LogP contribution is 2.34. The summed E-state index contributed by atoms with van der Waals surface area (Å²) in [4.78, 5) is 12.4. The molecule has 0 saturated carbocycles. The van der Waals surface area contributed by atoms with E-state index in [1.807, 2.05) is 0 Å². The van der Waals surface area contributed by atoms with Crippen molar-refractivity contribution in [2.75, 3.05) is 12.1 Å². The predicted molar refractivity (Wildman–Crippen MR) is 102 cm³/mol. The zero-order valence-corrected chi connectivity index (χ0v) is 16.6. The lowest BCUT2D eigenvalue weighted by Gasteiger charge is -2.21. The first-order valence-corrected chi connectivity index (χ1v) is 9.96. The molecule has 0 bridgehead atoms. The van der Waals surface area contributed by atoms with E-state index in [0.29, 0.717) is 17.2 Å². The van der Waals surface area contributed by atoms with Gasteiger partial charge in [0.2, 0.25) is 16.8 Å². The summed E-state index contributed by atoms with van der Waals surface area (Å²) in [6.07, 6.45) is 0. The van der Waals surface area contributed by atoms with Gasteiger partial charge in [0.25, 0.3) is 5.91 Å². The quantitative estimate of drug-likeness (QED) is 0.805. The number of rotatable bonds is 4. The third-order valence-electron chi connectivity index (χ3n) is 3.55. The molecule has 2 N–H and O–H groups in total. The van der Waals surface area contributed by atoms with Crippen molar-refractivity contribution < 1.29 is 22.7 Å². The molecule has 0 aliphatic carbocycles. The summed E-state index contributed by atoms with van der Waals surface area (Å²) in [5.74, 6) is 0.653. The zero-order valence-electron chi connectivity index (χ0n) is 15.0. The first-order valence-electron chi connectivity index (χ1n) is 8.10. The van der Waals surface area contributed by atoms with Crippen molar-refractivity contribution in [3.63, 3.8) is 0 Å². The maximum Gasteiger partial charge on any atom is 0.255 e. The number of hydrogen-bond acceptors (Lipinski definition) is 5. The van der Waals surface area contributed by atoms with Gasteiger partial charge in [0.05, 0.1) is 5.02 Å². The molecular weight excluding hydrogens is 392 g/mol. The zero-order chi connectivity index (χ0) is 19.8. The highest BCUT2D eigenvalue weighted by Gasteiger charge is 2.25. The van der Waals surface area contributed by atoms with Crippen LogP contribution in [-0.4, -0.2) is 26.7 Å². The molecule has 7 nitrogen and oxygen atoms in total. The summed E-state index contributed by atoms with van der Waals surface area (Å²) in [6.45, 7) is 5.28. The first-order chi connectivity index (χ1) is 12.5. The lowest BCUT2D eigenvalue weighted by atomic mass is 10.1. The fourth-order valence-corrected chi connectivity index (χ4v) is 4.43. The Hall–Kier alpha value is -2.29. The van der Waals surface area contributed by atoms with Gasteiger partial charge < -0.3 is 14.8 Å². The monoisotopic (exact) mass is 410 g/mol. The van der Waals surface area contributed by atoms with Gasteiger partial charge in [-0.05, 0) is 51.1 Å². The van der Waals surface area contributed by atoms with Gasteiger partial charge >= 0.3 is 0 Å². The Morgan fingerprint density at radius 3 is 2.48 bits per heavy atom. The van der Waals surface area contributed by atoms with Crippen LogP contribution in [0.25, 0.3) is 0 Å². The van der Waals surface area contributed by atoms with E-state index in [-0.39, 0.29) is 22.3 Å². The van der Waals surface area contributed by atoms with Crippen molar-refractivity contribution in [2.45, 2.75) is 31.2 Å². The summed E-state index contributed by atoms with van der Waals surface area (Å²) in [5, 5.41) is 2.74. The minimum absolute atomic E-state index is 0.0337. The SMILES string of the molecule is CC(C)(C)NS(=O)(=O)c1cc(C(=O)Nc2ccc3c(c2)OCO3)ccc1Cl. The van der Waals surface area contributed by atoms with Crippen LogP contribution < -0.4 is 19.5 Å². The van der Waals surface area contributed by atoms with Gasteiger partial charge in [0, 0.05) is 22.9 Å². The molecule has 1 aliphatic rings. The Labute approximate surface area is 162 Å². The molecule has 2 aromatic rings. The average molecular weight is 411 g/mol. The van der Waals surface area contributed by atoms with E-state index in [4.69, 9.17) is 21.1 Å². The van der Waals surface area contributed by atoms with Crippen LogP contribution in [0.1, 0.15) is 31.1 Å². The van der Waals surface area contributed by atoms with E-state index in [9.17, 15) is 13.2 Å². The number of halogens is 1. The maximum atomic E-state index is 12.6. The van der Waals surface area contributed by atoms with Gasteiger partial charge in [0.1, 0.15) is 4.90 Å². The summed E-state index contributed by atoms with van der Waals surface area (Å²) >= 11 is 6.06. The van der Waals surface area contributed by atoms with Crippen LogP contribution in [0, 0.1) is 0 Å². The largest absolute Gasteiger partial charge is 0.454 e. The molecule has 9 heteroatoms. The van der Waals surface area contributed by atoms with Crippen LogP contribution in [0.2, 0.25) is 5.02 Å². The maximum absolute atomic E-state index is 12.6. The van der Waals surface area contributed by atoms with Crippen LogP contribution in [0.15, 0.2) is 41.3 Å². The molecule has 144 valence electrons. The fraction of sp³-hybridized carbons (Fsp3) is 0.278. The molecule has 0 atom stereocenters. The molecule has 27 heavy (non-hydrogen) atoms. The molecule has 0 fully saturated rings. The summed E-state index contributed by atoms with van der Waals surface area (Å²) in [7, 11) is -3.88. The van der Waals surface area contributed by atoms with Gasteiger partial charge in [-0.1, -0.05) is 11.6 Å². The van der Waals surface area contributed by atoms with Gasteiger partial charge in [-0.15, -0.1) is 0 Å². The second kappa shape index (κ2) is 7.03. The van der Waals surface area contributed by atoms with Crippen molar-refractivity contribution in [1.29, 1.82) is 0 Å². The number of carbonyl (C=O) groups excluding carboxylic acids is 1. The molecule has 2 aromatic carbocycles. The summed E-state index contributed by atoms with van der Waals surface area (Å²) in [5.41, 5.74) is -0.0322. The van der Waals surface area contributed by atoms with E-state index < -0.39 is 21.5 Å². The Morgan fingerprint density at radius 1 is 1.07 bits per heavy atom. The average Bonchev–Trinajstić information content (AvgIpc) is 3.00. The van der Waals surface area contributed by atoms with E-state index in [2.05, 4.69) is 10.0 Å². The summed E-state index contributed by atoms with van der Waals surface area (Å²) < 4.78 is 38.2. The minimum atomic E-state index is -3.88. The van der Waals surface area contributed by atoms with Crippen molar-refractivity contribution in [2.24, 2.45) is 0 Å². The van der Waals surface area contributed by atoms with Crippen LogP contribution in [0.4, 0.5) is 5.69 Å². The fourth-order valence-electron chi connectivity index (χ4n) is 2.49. The Bertz CT molecular complexity index is 999. The number of benzene rings is 2. The second-order valence-electron chi connectivity index (χ2n) is 7.02. The number of hydrogen-bond donors (Lipinski definition) is 2. The molecule has 0 aromatic heterocycles. The molecule has 0 radical (unpaired) electrons. The lowest BCUT2D eigenvalue weighted by Crippen LogP contribution is -2.40. The highest BCUT2D eigenvalue weighted by molar-refractivity contribution is 7.89. The van der Waals surface area contributed by atoms with Crippen molar-refractivity contribution in [1.82, 2.24) is 4.72 Å². The third-order valence-corrected chi connectivity index (χ3v) is 5.79. The van der Waals surface area contributed by atoms with Crippen molar-refractivity contribution >= 4 is 33.2 Å². The Kier molecular flexibility index (Phi) is 5.07. The Balaban J connectivity index is 1.86. The van der Waals surface area contributed by atoms with Crippen LogP contribution >= 0.6 is 11.6 Å². The van der Waals surface area contributed by atoms with Gasteiger partial charge in [-0.3, -0.25) is 4.79 Å². The number of nitrogens with one attached hydrogen (secondary N) is 2. The van der Waals surface area contributed by atoms with Crippen LogP contribution in [-0.2, 0) is 10.0 Å². The van der Waals surface area contributed by atoms with Crippen LogP contribution in [0.3, 0.4) is 0 Å². The van der Waals surface area contributed by atoms with Gasteiger partial charge in [0.15, 0.2) is 11.5 Å². The molecular formula is C18H19ClN2O5S.